The monoisotopic (exact) mass is 297 g/mol. The van der Waals surface area contributed by atoms with Gasteiger partial charge in [0.1, 0.15) is 11.5 Å². The Hall–Kier alpha value is -2.75. The van der Waals surface area contributed by atoms with Gasteiger partial charge in [-0.15, -0.1) is 0 Å². The fraction of sp³-hybridized carbons (Fsp3) is 0.167. The lowest BCUT2D eigenvalue weighted by Gasteiger charge is -2.14. The summed E-state index contributed by atoms with van der Waals surface area (Å²) < 4.78 is 10.4. The van der Waals surface area contributed by atoms with Gasteiger partial charge in [0, 0.05) is 24.9 Å². The number of likely N-dealkylation sites (N-methyl/N-ethyl adjacent to an activating group) is 1. The van der Waals surface area contributed by atoms with Crippen molar-refractivity contribution in [3.63, 3.8) is 0 Å². The van der Waals surface area contributed by atoms with Crippen LogP contribution in [0, 0.1) is 0 Å². The highest BCUT2D eigenvalue weighted by Gasteiger charge is 2.07. The molecule has 4 nitrogen and oxygen atoms in total. The Kier molecular flexibility index (Phi) is 5.20. The maximum atomic E-state index is 12.2. The van der Waals surface area contributed by atoms with E-state index in [0.29, 0.717) is 11.5 Å². The average molecular weight is 297 g/mol. The number of carbonyl (C=O) groups excluding carboxylic acids is 1. The van der Waals surface area contributed by atoms with E-state index in [1.807, 2.05) is 42.5 Å². The second-order valence-corrected chi connectivity index (χ2v) is 4.71. The van der Waals surface area contributed by atoms with Crippen LogP contribution < -0.4 is 14.4 Å². The number of nitrogens with zero attached hydrogens (tertiary/aromatic N) is 1. The molecule has 0 spiro atoms. The Morgan fingerprint density at radius 1 is 1.00 bits per heavy atom. The molecule has 0 aliphatic rings. The average Bonchev–Trinajstić information content (AvgIpc) is 2.59. The smallest absolute Gasteiger partial charge is 0.250 e. The van der Waals surface area contributed by atoms with Gasteiger partial charge in [0.15, 0.2) is 0 Å². The van der Waals surface area contributed by atoms with Crippen LogP contribution in [0.15, 0.2) is 54.6 Å². The molecule has 0 atom stereocenters. The van der Waals surface area contributed by atoms with Crippen LogP contribution in [0.25, 0.3) is 6.08 Å². The van der Waals surface area contributed by atoms with Gasteiger partial charge < -0.3 is 14.4 Å². The summed E-state index contributed by atoms with van der Waals surface area (Å²) in [5, 5.41) is 0. The lowest BCUT2D eigenvalue weighted by molar-refractivity contribution is -0.113. The van der Waals surface area contributed by atoms with E-state index in [1.165, 1.54) is 6.08 Å². The molecule has 0 heterocycles. The second kappa shape index (κ2) is 7.31. The highest BCUT2D eigenvalue weighted by Crippen LogP contribution is 2.23. The molecule has 1 amide bonds. The van der Waals surface area contributed by atoms with Gasteiger partial charge in [-0.2, -0.15) is 0 Å². The number of anilines is 1. The Labute approximate surface area is 130 Å². The first kappa shape index (κ1) is 15.6. The molecular formula is C18H19NO3. The maximum Gasteiger partial charge on any atom is 0.250 e. The SMILES string of the molecule is COc1cc(/C=C/C(=O)N(C)c2ccccc2)cc(OC)c1. The number of carbonyl (C=O) groups is 1. The number of amides is 1. The Morgan fingerprint density at radius 2 is 1.59 bits per heavy atom. The van der Waals surface area contributed by atoms with Crippen molar-refractivity contribution in [3.05, 3.63) is 60.2 Å². The lowest BCUT2D eigenvalue weighted by atomic mass is 10.2. The van der Waals surface area contributed by atoms with Crippen LogP contribution in [0.5, 0.6) is 11.5 Å². The van der Waals surface area contributed by atoms with Crippen molar-refractivity contribution in [1.82, 2.24) is 0 Å². The molecule has 0 saturated carbocycles. The molecule has 0 aromatic heterocycles. The van der Waals surface area contributed by atoms with Gasteiger partial charge in [-0.3, -0.25) is 4.79 Å². The molecule has 0 saturated heterocycles. The summed E-state index contributed by atoms with van der Waals surface area (Å²) in [5.41, 5.74) is 1.69. The number of ether oxygens (including phenoxy) is 2. The summed E-state index contributed by atoms with van der Waals surface area (Å²) in [6.07, 6.45) is 3.27. The zero-order chi connectivity index (χ0) is 15.9. The molecule has 2 aromatic carbocycles. The zero-order valence-corrected chi connectivity index (χ0v) is 12.9. The van der Waals surface area contributed by atoms with E-state index in [4.69, 9.17) is 9.47 Å². The van der Waals surface area contributed by atoms with E-state index in [-0.39, 0.29) is 5.91 Å². The third kappa shape index (κ3) is 3.88. The number of rotatable bonds is 5. The molecule has 0 radical (unpaired) electrons. The minimum atomic E-state index is -0.104. The highest BCUT2D eigenvalue weighted by atomic mass is 16.5. The van der Waals surface area contributed by atoms with Crippen molar-refractivity contribution in [1.29, 1.82) is 0 Å². The molecule has 2 rings (SSSR count). The van der Waals surface area contributed by atoms with Gasteiger partial charge in [0.25, 0.3) is 5.91 Å². The predicted molar refractivity (Wildman–Crippen MR) is 88.4 cm³/mol. The Balaban J connectivity index is 2.16. The van der Waals surface area contributed by atoms with E-state index in [1.54, 1.807) is 38.3 Å². The van der Waals surface area contributed by atoms with Gasteiger partial charge in [0.05, 0.1) is 14.2 Å². The molecular weight excluding hydrogens is 278 g/mol. The Morgan fingerprint density at radius 3 is 2.14 bits per heavy atom. The van der Waals surface area contributed by atoms with Crippen LogP contribution in [0.3, 0.4) is 0 Å². The van der Waals surface area contributed by atoms with Gasteiger partial charge in [-0.05, 0) is 35.9 Å². The summed E-state index contributed by atoms with van der Waals surface area (Å²) in [6, 6.07) is 15.0. The fourth-order valence-electron chi connectivity index (χ4n) is 1.98. The van der Waals surface area contributed by atoms with Crippen LogP contribution in [-0.2, 0) is 4.79 Å². The van der Waals surface area contributed by atoms with E-state index in [0.717, 1.165) is 11.3 Å². The van der Waals surface area contributed by atoms with Crippen LogP contribution in [0.2, 0.25) is 0 Å². The van der Waals surface area contributed by atoms with Crippen molar-refractivity contribution in [2.24, 2.45) is 0 Å². The van der Waals surface area contributed by atoms with E-state index in [9.17, 15) is 4.79 Å². The standard InChI is InChI=1S/C18H19NO3/c1-19(15-7-5-4-6-8-15)18(20)10-9-14-11-16(21-2)13-17(12-14)22-3/h4-13H,1-3H3/b10-9+. The maximum absolute atomic E-state index is 12.2. The molecule has 2 aromatic rings. The predicted octanol–water partition coefficient (Wildman–Crippen LogP) is 3.38. The van der Waals surface area contributed by atoms with Gasteiger partial charge in [-0.25, -0.2) is 0 Å². The second-order valence-electron chi connectivity index (χ2n) is 4.71. The van der Waals surface area contributed by atoms with Crippen LogP contribution >= 0.6 is 0 Å². The highest BCUT2D eigenvalue weighted by molar-refractivity contribution is 6.03. The van der Waals surface area contributed by atoms with Gasteiger partial charge >= 0.3 is 0 Å². The number of hydrogen-bond donors (Lipinski definition) is 0. The lowest BCUT2D eigenvalue weighted by Crippen LogP contribution is -2.23. The van der Waals surface area contributed by atoms with E-state index in [2.05, 4.69) is 0 Å². The van der Waals surface area contributed by atoms with Crippen molar-refractivity contribution >= 4 is 17.7 Å². The number of para-hydroxylation sites is 1. The molecule has 4 heteroatoms. The molecule has 0 unspecified atom stereocenters. The number of hydrogen-bond acceptors (Lipinski definition) is 3. The van der Waals surface area contributed by atoms with Crippen molar-refractivity contribution < 1.29 is 14.3 Å². The van der Waals surface area contributed by atoms with Gasteiger partial charge in [0.2, 0.25) is 0 Å². The molecule has 0 bridgehead atoms. The summed E-state index contributed by atoms with van der Waals surface area (Å²) in [5.74, 6) is 1.26. The van der Waals surface area contributed by atoms with Crippen LogP contribution in [0.1, 0.15) is 5.56 Å². The third-order valence-electron chi connectivity index (χ3n) is 3.27. The van der Waals surface area contributed by atoms with Crippen molar-refractivity contribution in [2.75, 3.05) is 26.2 Å². The van der Waals surface area contributed by atoms with E-state index >= 15 is 0 Å². The summed E-state index contributed by atoms with van der Waals surface area (Å²) in [6.45, 7) is 0. The molecule has 22 heavy (non-hydrogen) atoms. The molecule has 114 valence electrons. The molecule has 0 N–H and O–H groups in total. The minimum absolute atomic E-state index is 0.104. The van der Waals surface area contributed by atoms with Gasteiger partial charge in [-0.1, -0.05) is 18.2 Å². The van der Waals surface area contributed by atoms with Crippen molar-refractivity contribution in [3.8, 4) is 11.5 Å². The molecule has 0 aliphatic carbocycles. The minimum Gasteiger partial charge on any atom is -0.497 e. The zero-order valence-electron chi connectivity index (χ0n) is 12.9. The molecule has 0 fully saturated rings. The third-order valence-corrected chi connectivity index (χ3v) is 3.27. The topological polar surface area (TPSA) is 38.8 Å². The molecule has 0 aliphatic heterocycles. The van der Waals surface area contributed by atoms with Crippen LogP contribution in [-0.4, -0.2) is 27.2 Å². The largest absolute Gasteiger partial charge is 0.497 e. The normalized spacial score (nSPS) is 10.5. The first-order valence-electron chi connectivity index (χ1n) is 6.88. The first-order valence-corrected chi connectivity index (χ1v) is 6.88. The quantitative estimate of drug-likeness (QED) is 0.794. The summed E-state index contributed by atoms with van der Waals surface area (Å²) in [4.78, 5) is 13.8. The van der Waals surface area contributed by atoms with E-state index < -0.39 is 0 Å². The summed E-state index contributed by atoms with van der Waals surface area (Å²) in [7, 11) is 4.93. The van der Waals surface area contributed by atoms with Crippen molar-refractivity contribution in [2.45, 2.75) is 0 Å². The number of benzene rings is 2. The Bertz CT molecular complexity index is 643. The number of methoxy groups -OCH3 is 2. The first-order chi connectivity index (χ1) is 10.6. The summed E-state index contributed by atoms with van der Waals surface area (Å²) >= 11 is 0. The van der Waals surface area contributed by atoms with Crippen LogP contribution in [0.4, 0.5) is 5.69 Å². The fourth-order valence-corrected chi connectivity index (χ4v) is 1.98.